The molecule has 19 heavy (non-hydrogen) atoms. The summed E-state index contributed by atoms with van der Waals surface area (Å²) in [5.74, 6) is -0.462. The van der Waals surface area contributed by atoms with Crippen molar-refractivity contribution in [1.29, 1.82) is 0 Å². The van der Waals surface area contributed by atoms with E-state index in [9.17, 15) is 9.59 Å². The normalized spacial score (nSPS) is 17.6. The fourth-order valence-electron chi connectivity index (χ4n) is 2.13. The van der Waals surface area contributed by atoms with Crippen molar-refractivity contribution in [3.05, 3.63) is 23.8 Å². The molecule has 1 aromatic rings. The number of carboxylic acid groups (broad SMARTS) is 1. The van der Waals surface area contributed by atoms with Crippen molar-refractivity contribution >= 4 is 17.6 Å². The van der Waals surface area contributed by atoms with Crippen molar-refractivity contribution in [3.8, 4) is 5.75 Å². The largest absolute Gasteiger partial charge is 0.487 e. The van der Waals surface area contributed by atoms with Crippen LogP contribution in [0.4, 0.5) is 5.69 Å². The summed E-state index contributed by atoms with van der Waals surface area (Å²) in [5.41, 5.74) is 1.77. The molecule has 0 aliphatic carbocycles. The molecule has 0 saturated carbocycles. The van der Waals surface area contributed by atoms with Crippen molar-refractivity contribution in [2.24, 2.45) is 0 Å². The molecule has 1 atom stereocenters. The lowest BCUT2D eigenvalue weighted by Gasteiger charge is -2.33. The number of carboxylic acids is 1. The van der Waals surface area contributed by atoms with Crippen LogP contribution in [0.25, 0.3) is 0 Å². The lowest BCUT2D eigenvalue weighted by molar-refractivity contribution is -0.138. The van der Waals surface area contributed by atoms with Gasteiger partial charge in [0.1, 0.15) is 11.9 Å². The van der Waals surface area contributed by atoms with Crippen LogP contribution in [0.2, 0.25) is 0 Å². The van der Waals surface area contributed by atoms with Crippen LogP contribution in [0, 0.1) is 6.92 Å². The topological polar surface area (TPSA) is 66.8 Å². The Labute approximate surface area is 111 Å². The van der Waals surface area contributed by atoms with Gasteiger partial charge in [0, 0.05) is 6.42 Å². The second-order valence-electron chi connectivity index (χ2n) is 4.80. The van der Waals surface area contributed by atoms with E-state index in [1.165, 1.54) is 0 Å². The minimum Gasteiger partial charge on any atom is -0.487 e. The van der Waals surface area contributed by atoms with E-state index in [1.54, 1.807) is 4.90 Å². The van der Waals surface area contributed by atoms with E-state index in [2.05, 4.69) is 0 Å². The Morgan fingerprint density at radius 3 is 2.84 bits per heavy atom. The van der Waals surface area contributed by atoms with E-state index in [-0.39, 0.29) is 24.9 Å². The van der Waals surface area contributed by atoms with Crippen LogP contribution in [-0.2, 0) is 9.59 Å². The van der Waals surface area contributed by atoms with Crippen molar-refractivity contribution in [1.82, 2.24) is 0 Å². The van der Waals surface area contributed by atoms with Gasteiger partial charge in [-0.25, -0.2) is 0 Å². The predicted molar refractivity (Wildman–Crippen MR) is 70.5 cm³/mol. The molecule has 1 aliphatic heterocycles. The number of benzene rings is 1. The fraction of sp³-hybridized carbons (Fsp3) is 0.429. The standard InChI is InChI=1S/C14H17NO4/c1-9-3-4-12-11(7-9)15(8-10(2)19-12)13(16)5-6-14(17)18/h3-4,7,10H,5-6,8H2,1-2H3,(H,17,18)/t10-/m0/s1. The number of hydrogen-bond acceptors (Lipinski definition) is 3. The predicted octanol–water partition coefficient (Wildman–Crippen LogP) is 1.97. The molecular weight excluding hydrogens is 246 g/mol. The average molecular weight is 263 g/mol. The van der Waals surface area contributed by atoms with Gasteiger partial charge in [0.05, 0.1) is 18.7 Å². The number of anilines is 1. The maximum atomic E-state index is 12.1. The minimum atomic E-state index is -0.959. The van der Waals surface area contributed by atoms with Gasteiger partial charge in [-0.15, -0.1) is 0 Å². The van der Waals surface area contributed by atoms with Crippen LogP contribution in [0.3, 0.4) is 0 Å². The Kier molecular flexibility index (Phi) is 3.74. The van der Waals surface area contributed by atoms with Gasteiger partial charge < -0.3 is 14.7 Å². The maximum absolute atomic E-state index is 12.1. The number of nitrogens with zero attached hydrogens (tertiary/aromatic N) is 1. The summed E-state index contributed by atoms with van der Waals surface area (Å²) >= 11 is 0. The highest BCUT2D eigenvalue weighted by Crippen LogP contribution is 2.34. The van der Waals surface area contributed by atoms with Crippen LogP contribution < -0.4 is 9.64 Å². The Morgan fingerprint density at radius 1 is 1.42 bits per heavy atom. The molecule has 1 aliphatic rings. The Morgan fingerprint density at radius 2 is 2.16 bits per heavy atom. The second-order valence-corrected chi connectivity index (χ2v) is 4.80. The molecule has 5 heteroatoms. The van der Waals surface area contributed by atoms with Gasteiger partial charge in [-0.1, -0.05) is 6.07 Å². The number of carbonyl (C=O) groups excluding carboxylic acids is 1. The average Bonchev–Trinajstić information content (AvgIpc) is 2.35. The lowest BCUT2D eigenvalue weighted by atomic mass is 10.1. The first-order chi connectivity index (χ1) is 8.97. The van der Waals surface area contributed by atoms with E-state index in [0.717, 1.165) is 11.3 Å². The lowest BCUT2D eigenvalue weighted by Crippen LogP contribution is -2.42. The number of fused-ring (bicyclic) bond motifs is 1. The highest BCUT2D eigenvalue weighted by Gasteiger charge is 2.27. The first-order valence-corrected chi connectivity index (χ1v) is 6.27. The monoisotopic (exact) mass is 263 g/mol. The van der Waals surface area contributed by atoms with E-state index >= 15 is 0 Å². The second kappa shape index (κ2) is 5.30. The molecule has 1 amide bonds. The van der Waals surface area contributed by atoms with Crippen LogP contribution >= 0.6 is 0 Å². The molecule has 2 rings (SSSR count). The molecule has 0 radical (unpaired) electrons. The first kappa shape index (κ1) is 13.4. The van der Waals surface area contributed by atoms with Crippen LogP contribution in [0.15, 0.2) is 18.2 Å². The molecule has 0 saturated heterocycles. The molecule has 0 fully saturated rings. The SMILES string of the molecule is Cc1ccc2c(c1)N(C(=O)CCC(=O)O)C[C@H](C)O2. The van der Waals surface area contributed by atoms with E-state index in [4.69, 9.17) is 9.84 Å². The number of rotatable bonds is 3. The third-order valence-electron chi connectivity index (χ3n) is 3.03. The van der Waals surface area contributed by atoms with E-state index < -0.39 is 5.97 Å². The van der Waals surface area contributed by atoms with E-state index in [0.29, 0.717) is 12.3 Å². The highest BCUT2D eigenvalue weighted by atomic mass is 16.5. The fourth-order valence-corrected chi connectivity index (χ4v) is 2.13. The third kappa shape index (κ3) is 3.05. The molecule has 0 spiro atoms. The summed E-state index contributed by atoms with van der Waals surface area (Å²) in [6.45, 7) is 4.29. The maximum Gasteiger partial charge on any atom is 0.303 e. The molecule has 0 aromatic heterocycles. The summed E-state index contributed by atoms with van der Waals surface area (Å²) in [6.07, 6.45) is -0.231. The van der Waals surface area contributed by atoms with E-state index in [1.807, 2.05) is 32.0 Å². The Bertz CT molecular complexity index is 512. The molecule has 1 heterocycles. The quantitative estimate of drug-likeness (QED) is 0.905. The van der Waals surface area contributed by atoms with Crippen LogP contribution in [0.1, 0.15) is 25.3 Å². The van der Waals surface area contributed by atoms with Crippen LogP contribution in [0.5, 0.6) is 5.75 Å². The highest BCUT2D eigenvalue weighted by molar-refractivity contribution is 5.96. The number of carbonyl (C=O) groups is 2. The van der Waals surface area contributed by atoms with Gasteiger partial charge >= 0.3 is 5.97 Å². The number of aliphatic carboxylic acids is 1. The first-order valence-electron chi connectivity index (χ1n) is 6.27. The molecule has 5 nitrogen and oxygen atoms in total. The van der Waals surface area contributed by atoms with Gasteiger partial charge in [0.25, 0.3) is 0 Å². The zero-order chi connectivity index (χ0) is 14.0. The summed E-state index contributed by atoms with van der Waals surface area (Å²) in [5, 5.41) is 8.66. The smallest absolute Gasteiger partial charge is 0.303 e. The Balaban J connectivity index is 2.24. The van der Waals surface area contributed by atoms with Crippen molar-refractivity contribution in [2.75, 3.05) is 11.4 Å². The van der Waals surface area contributed by atoms with Gasteiger partial charge in [0.15, 0.2) is 0 Å². The van der Waals surface area contributed by atoms with Crippen molar-refractivity contribution in [3.63, 3.8) is 0 Å². The summed E-state index contributed by atoms with van der Waals surface area (Å²) in [7, 11) is 0. The molecule has 102 valence electrons. The van der Waals surface area contributed by atoms with Crippen molar-refractivity contribution in [2.45, 2.75) is 32.8 Å². The summed E-state index contributed by atoms with van der Waals surface area (Å²) in [6, 6.07) is 5.66. The molecule has 1 N–H and O–H groups in total. The van der Waals surface area contributed by atoms with Crippen LogP contribution in [-0.4, -0.2) is 29.6 Å². The number of hydrogen-bond donors (Lipinski definition) is 1. The molecule has 1 aromatic carbocycles. The zero-order valence-electron chi connectivity index (χ0n) is 11.0. The Hall–Kier alpha value is -2.04. The van der Waals surface area contributed by atoms with Gasteiger partial charge in [0.2, 0.25) is 5.91 Å². The van der Waals surface area contributed by atoms with Gasteiger partial charge in [-0.2, -0.15) is 0 Å². The zero-order valence-corrected chi connectivity index (χ0v) is 11.0. The summed E-state index contributed by atoms with van der Waals surface area (Å²) < 4.78 is 5.68. The number of aryl methyl sites for hydroxylation is 1. The molecule has 0 unspecified atom stereocenters. The minimum absolute atomic E-state index is 0.00936. The number of amides is 1. The van der Waals surface area contributed by atoms with Crippen molar-refractivity contribution < 1.29 is 19.4 Å². The third-order valence-corrected chi connectivity index (χ3v) is 3.03. The van der Waals surface area contributed by atoms with Gasteiger partial charge in [-0.05, 0) is 31.5 Å². The summed E-state index contributed by atoms with van der Waals surface area (Å²) in [4.78, 5) is 24.3. The molecule has 0 bridgehead atoms. The number of ether oxygens (including phenoxy) is 1. The molecular formula is C14H17NO4. The van der Waals surface area contributed by atoms with Gasteiger partial charge in [-0.3, -0.25) is 9.59 Å².